The second-order valence-corrected chi connectivity index (χ2v) is 19.4. The summed E-state index contributed by atoms with van der Waals surface area (Å²) in [5.41, 5.74) is 14.0. The van der Waals surface area contributed by atoms with Crippen molar-refractivity contribution in [3.05, 3.63) is 238 Å². The molecule has 0 atom stereocenters. The minimum Gasteiger partial charge on any atom is -0.309 e. The van der Waals surface area contributed by atoms with Crippen LogP contribution < -0.4 is 0 Å². The third-order valence-electron chi connectivity index (χ3n) is 14.6. The van der Waals surface area contributed by atoms with Crippen LogP contribution in [0.25, 0.3) is 111 Å². The lowest BCUT2D eigenvalue weighted by molar-refractivity contribution is 1.14. The van der Waals surface area contributed by atoms with E-state index in [1.807, 2.05) is 95.6 Å². The van der Waals surface area contributed by atoms with Crippen LogP contribution >= 0.6 is 0 Å². The van der Waals surface area contributed by atoms with E-state index in [2.05, 4.69) is 65.3 Å². The van der Waals surface area contributed by atoms with E-state index in [1.54, 1.807) is 66.7 Å². The van der Waals surface area contributed by atoms with E-state index in [0.717, 1.165) is 54.8 Å². The van der Waals surface area contributed by atoms with Crippen molar-refractivity contribution < 1.29 is 0 Å². The smallest absolute Gasteiger partial charge is 0.101 e. The second-order valence-electron chi connectivity index (χ2n) is 19.4. The highest BCUT2D eigenvalue weighted by Crippen LogP contribution is 2.44. The van der Waals surface area contributed by atoms with Crippen molar-refractivity contribution in [2.45, 2.75) is 0 Å². The van der Waals surface area contributed by atoms with Crippen molar-refractivity contribution in [1.29, 1.82) is 52.6 Å². The molecule has 0 saturated heterocycles. The molecule has 10 aromatic carbocycles. The van der Waals surface area contributed by atoms with Crippen LogP contribution in [0, 0.1) is 113 Å². The fourth-order valence-electron chi connectivity index (χ4n) is 11.0. The van der Waals surface area contributed by atoms with Crippen molar-refractivity contribution >= 4 is 43.6 Å². The van der Waals surface area contributed by atoms with E-state index in [4.69, 9.17) is 0 Å². The molecule has 0 radical (unpaired) electrons. The highest BCUT2D eigenvalue weighted by Gasteiger charge is 2.24. The Bertz CT molecular complexity index is 4910. The lowest BCUT2D eigenvalue weighted by atomic mass is 9.97. The zero-order chi connectivity index (χ0) is 56.8. The lowest BCUT2D eigenvalue weighted by Gasteiger charge is -2.19. The summed E-state index contributed by atoms with van der Waals surface area (Å²) in [7, 11) is 0. The average molecular weight is 1040 g/mol. The molecule has 2 aromatic heterocycles. The number of hydrogen-bond donors (Lipinski definition) is 0. The number of benzene rings is 10. The van der Waals surface area contributed by atoms with Gasteiger partial charge in [0.1, 0.15) is 6.07 Å². The first kappa shape index (κ1) is 49.6. The molecule has 0 aliphatic heterocycles. The molecule has 370 valence electrons. The number of rotatable bonds is 7. The Balaban J connectivity index is 1.16. The minimum atomic E-state index is 0.279. The summed E-state index contributed by atoms with van der Waals surface area (Å²) < 4.78 is 4.08. The normalized spacial score (nSPS) is 10.6. The van der Waals surface area contributed by atoms with Crippen LogP contribution in [0.2, 0.25) is 0 Å². The second kappa shape index (κ2) is 20.0. The van der Waals surface area contributed by atoms with E-state index < -0.39 is 0 Å². The summed E-state index contributed by atoms with van der Waals surface area (Å²) in [6.45, 7) is 0. The zero-order valence-electron chi connectivity index (χ0n) is 42.7. The molecule has 0 N–H and O–H groups in total. The Hall–Kier alpha value is -13.3. The van der Waals surface area contributed by atoms with Gasteiger partial charge in [0.15, 0.2) is 0 Å². The molecule has 12 aromatic rings. The first-order valence-corrected chi connectivity index (χ1v) is 25.2. The third-order valence-corrected chi connectivity index (χ3v) is 14.6. The standard InChI is InChI=1S/C70H30N12/c71-31-41-2-1-3-54(16-41)60-30-69(81-65-8-4-50(55-17-42(32-72)12-43(18-55)33-73)25-61(65)62-26-51(5-9-66(62)81)56-19-44(34-74)13-45(20-56)35-75)59(40-80)29-70(60)82-67-10-6-52(57-21-46(36-76)14-47(22-57)37-77)27-63(67)64-28-53(7-11-68(64)82)58-23-48(38-78)15-49(24-58)39-79/h1-30H. The first-order chi connectivity index (χ1) is 40.1. The van der Waals surface area contributed by atoms with Crippen molar-refractivity contribution in [1.82, 2.24) is 9.13 Å². The van der Waals surface area contributed by atoms with Gasteiger partial charge >= 0.3 is 0 Å². The van der Waals surface area contributed by atoms with Crippen LogP contribution in [0.1, 0.15) is 55.6 Å². The van der Waals surface area contributed by atoms with Gasteiger partial charge in [-0.15, -0.1) is 0 Å². The Labute approximate surface area is 468 Å². The fraction of sp³-hybridized carbons (Fsp3) is 0. The monoisotopic (exact) mass is 1040 g/mol. The van der Waals surface area contributed by atoms with Crippen LogP contribution in [0.4, 0.5) is 0 Å². The molecule has 0 amide bonds. The molecule has 0 saturated carbocycles. The quantitative estimate of drug-likeness (QED) is 0.146. The summed E-state index contributed by atoms with van der Waals surface area (Å²) >= 11 is 0. The van der Waals surface area contributed by atoms with Gasteiger partial charge in [0.05, 0.1) is 144 Å². The van der Waals surface area contributed by atoms with Gasteiger partial charge in [-0.1, -0.05) is 36.4 Å². The maximum Gasteiger partial charge on any atom is 0.101 e. The highest BCUT2D eigenvalue weighted by molar-refractivity contribution is 6.14. The Morgan fingerprint density at radius 2 is 0.512 bits per heavy atom. The summed E-state index contributed by atoms with van der Waals surface area (Å²) in [5.74, 6) is 0. The average Bonchev–Trinajstić information content (AvgIpc) is 4.18. The molecule has 0 bridgehead atoms. The molecule has 0 fully saturated rings. The molecule has 12 heteroatoms. The van der Waals surface area contributed by atoms with Gasteiger partial charge in [-0.25, -0.2) is 0 Å². The number of fused-ring (bicyclic) bond motifs is 6. The molecular weight excluding hydrogens is 1010 g/mol. The largest absolute Gasteiger partial charge is 0.309 e. The summed E-state index contributed by atoms with van der Waals surface area (Å²) in [5, 5.41) is 104. The lowest BCUT2D eigenvalue weighted by Crippen LogP contribution is -2.04. The molecule has 12 nitrogen and oxygen atoms in total. The Kier molecular flexibility index (Phi) is 12.1. The molecule has 12 rings (SSSR count). The Morgan fingerprint density at radius 3 is 0.805 bits per heavy atom. The maximum absolute atomic E-state index is 11.5. The van der Waals surface area contributed by atoms with Crippen molar-refractivity contribution in [2.75, 3.05) is 0 Å². The first-order valence-electron chi connectivity index (χ1n) is 25.2. The topological polar surface area (TPSA) is 248 Å². The van der Waals surface area contributed by atoms with Crippen molar-refractivity contribution in [2.24, 2.45) is 0 Å². The summed E-state index contributed by atoms with van der Waals surface area (Å²) in [4.78, 5) is 0. The molecule has 0 unspecified atom stereocenters. The summed E-state index contributed by atoms with van der Waals surface area (Å²) in [6, 6.07) is 76.4. The molecule has 0 aliphatic carbocycles. The number of aromatic nitrogens is 2. The SMILES string of the molecule is N#Cc1cc(C#N)cc(-c2ccc3c(c2)c2cc(-c4cc(C#N)cc(C#N)c4)ccc2n3-c2cc(-c3cccc(C#N)c3)c(-n3c4ccc(-c5cc(C#N)cc(C#N)c5)cc4c4cc(-c5cc(C#N)cc(C#N)c5)ccc43)cc2C#N)c1. The summed E-state index contributed by atoms with van der Waals surface area (Å²) in [6.07, 6.45) is 0. The van der Waals surface area contributed by atoms with Gasteiger partial charge in [-0.2, -0.15) is 52.6 Å². The predicted octanol–water partition coefficient (Wildman–Crippen LogP) is 14.9. The molecular formula is C70H30N12. The highest BCUT2D eigenvalue weighted by atomic mass is 15.0. The van der Waals surface area contributed by atoms with Gasteiger partial charge < -0.3 is 9.13 Å². The van der Waals surface area contributed by atoms with Crippen molar-refractivity contribution in [3.8, 4) is 128 Å². The van der Waals surface area contributed by atoms with Crippen LogP contribution in [-0.4, -0.2) is 9.13 Å². The van der Waals surface area contributed by atoms with E-state index >= 15 is 0 Å². The van der Waals surface area contributed by atoms with Crippen LogP contribution in [0.5, 0.6) is 0 Å². The molecule has 0 aliphatic rings. The molecule has 0 spiro atoms. The third kappa shape index (κ3) is 8.44. The van der Waals surface area contributed by atoms with E-state index in [-0.39, 0.29) is 5.56 Å². The minimum absolute atomic E-state index is 0.279. The van der Waals surface area contributed by atoms with Crippen LogP contribution in [0.15, 0.2) is 182 Å². The number of nitriles is 10. The van der Waals surface area contributed by atoms with Gasteiger partial charge in [-0.05, 0) is 196 Å². The maximum atomic E-state index is 11.5. The van der Waals surface area contributed by atoms with Crippen LogP contribution in [0.3, 0.4) is 0 Å². The molecule has 82 heavy (non-hydrogen) atoms. The van der Waals surface area contributed by atoms with E-state index in [9.17, 15) is 52.6 Å². The zero-order valence-corrected chi connectivity index (χ0v) is 42.7. The fourth-order valence-corrected chi connectivity index (χ4v) is 11.0. The van der Waals surface area contributed by atoms with Gasteiger partial charge in [0, 0.05) is 27.1 Å². The van der Waals surface area contributed by atoms with E-state index in [1.165, 1.54) is 24.3 Å². The van der Waals surface area contributed by atoms with E-state index in [0.29, 0.717) is 106 Å². The number of hydrogen-bond acceptors (Lipinski definition) is 10. The van der Waals surface area contributed by atoms with Gasteiger partial charge in [0.2, 0.25) is 0 Å². The molecule has 2 heterocycles. The Morgan fingerprint density at radius 1 is 0.220 bits per heavy atom. The van der Waals surface area contributed by atoms with Gasteiger partial charge in [-0.3, -0.25) is 0 Å². The van der Waals surface area contributed by atoms with Crippen LogP contribution in [-0.2, 0) is 0 Å². The number of nitrogens with zero attached hydrogens (tertiary/aromatic N) is 12. The van der Waals surface area contributed by atoms with Crippen molar-refractivity contribution in [3.63, 3.8) is 0 Å². The van der Waals surface area contributed by atoms with Gasteiger partial charge in [0.25, 0.3) is 0 Å². The predicted molar refractivity (Wildman–Crippen MR) is 309 cm³/mol.